The minimum absolute atomic E-state index is 0.0446. The van der Waals surface area contributed by atoms with Gasteiger partial charge in [-0.15, -0.1) is 0 Å². The molecule has 0 radical (unpaired) electrons. The van der Waals surface area contributed by atoms with Crippen LogP contribution in [0.2, 0.25) is 0 Å². The van der Waals surface area contributed by atoms with Crippen LogP contribution in [0.25, 0.3) is 0 Å². The lowest BCUT2D eigenvalue weighted by Gasteiger charge is -2.10. The van der Waals surface area contributed by atoms with Crippen molar-refractivity contribution in [2.24, 2.45) is 0 Å². The van der Waals surface area contributed by atoms with Crippen LogP contribution in [0, 0.1) is 0 Å². The minimum Gasteiger partial charge on any atom is -0.352 e. The van der Waals surface area contributed by atoms with Gasteiger partial charge in [-0.1, -0.05) is 6.92 Å². The molecule has 2 unspecified atom stereocenters. The zero-order valence-electron chi connectivity index (χ0n) is 11.6. The van der Waals surface area contributed by atoms with Crippen molar-refractivity contribution in [2.75, 3.05) is 18.1 Å². The fourth-order valence-electron chi connectivity index (χ4n) is 2.03. The normalized spacial score (nSPS) is 16.2. The molecule has 1 heterocycles. The molecule has 0 aromatic heterocycles. The first-order chi connectivity index (χ1) is 9.47. The maximum absolute atomic E-state index is 12.0. The summed E-state index contributed by atoms with van der Waals surface area (Å²) in [5, 5.41) is 5.60. The van der Waals surface area contributed by atoms with Crippen molar-refractivity contribution < 1.29 is 13.8 Å². The lowest BCUT2D eigenvalue weighted by molar-refractivity contribution is -0.115. The van der Waals surface area contributed by atoms with Gasteiger partial charge in [0.05, 0.1) is 6.42 Å². The number of nitrogens with one attached hydrogen (secondary N) is 2. The van der Waals surface area contributed by atoms with Crippen molar-refractivity contribution in [3.63, 3.8) is 0 Å². The van der Waals surface area contributed by atoms with Crippen LogP contribution >= 0.6 is 0 Å². The van der Waals surface area contributed by atoms with E-state index < -0.39 is 10.8 Å². The molecule has 2 atom stereocenters. The highest BCUT2D eigenvalue weighted by molar-refractivity contribution is 7.84. The van der Waals surface area contributed by atoms with Crippen LogP contribution in [0.15, 0.2) is 18.2 Å². The molecule has 6 heteroatoms. The second-order valence-electron chi connectivity index (χ2n) is 4.95. The highest BCUT2D eigenvalue weighted by atomic mass is 32.2. The summed E-state index contributed by atoms with van der Waals surface area (Å²) in [5.74, 6) is -0.210. The molecule has 0 fully saturated rings. The third-order valence-corrected chi connectivity index (χ3v) is 4.76. The Bertz CT molecular complexity index is 572. The van der Waals surface area contributed by atoms with E-state index in [4.69, 9.17) is 0 Å². The molecule has 20 heavy (non-hydrogen) atoms. The minimum atomic E-state index is -0.871. The van der Waals surface area contributed by atoms with Crippen molar-refractivity contribution >= 4 is 28.3 Å². The molecule has 0 saturated heterocycles. The van der Waals surface area contributed by atoms with Crippen molar-refractivity contribution in [3.05, 3.63) is 29.3 Å². The molecule has 1 aromatic rings. The number of fused-ring (bicyclic) bond motifs is 1. The van der Waals surface area contributed by atoms with Crippen LogP contribution in [-0.4, -0.2) is 34.1 Å². The summed E-state index contributed by atoms with van der Waals surface area (Å²) < 4.78 is 11.2. The van der Waals surface area contributed by atoms with Crippen LogP contribution in [0.5, 0.6) is 0 Å². The lowest BCUT2D eigenvalue weighted by Crippen LogP contribution is -2.27. The highest BCUT2D eigenvalue weighted by Gasteiger charge is 2.19. The van der Waals surface area contributed by atoms with E-state index in [-0.39, 0.29) is 17.1 Å². The first-order valence-electron chi connectivity index (χ1n) is 6.50. The molecule has 2 rings (SSSR count). The standard InChI is InChI=1S/C14H18N2O3S/c1-9(20(2)19)5-6-15-14(18)10-3-4-12-11(7-10)8-13(17)16-12/h3-4,7,9H,5-6,8H2,1-2H3,(H,15,18)(H,16,17). The molecule has 2 amide bonds. The first-order valence-corrected chi connectivity index (χ1v) is 8.12. The predicted octanol–water partition coefficient (Wildman–Crippen LogP) is 1.07. The zero-order valence-corrected chi connectivity index (χ0v) is 12.4. The lowest BCUT2D eigenvalue weighted by atomic mass is 10.1. The predicted molar refractivity (Wildman–Crippen MR) is 79.3 cm³/mol. The summed E-state index contributed by atoms with van der Waals surface area (Å²) in [6.07, 6.45) is 2.67. The van der Waals surface area contributed by atoms with Gasteiger partial charge in [0.1, 0.15) is 0 Å². The quantitative estimate of drug-likeness (QED) is 0.853. The number of rotatable bonds is 5. The van der Waals surface area contributed by atoms with Gasteiger partial charge >= 0.3 is 0 Å². The van der Waals surface area contributed by atoms with Gasteiger partial charge in [0.15, 0.2) is 0 Å². The van der Waals surface area contributed by atoms with Gasteiger partial charge < -0.3 is 10.6 Å². The summed E-state index contributed by atoms with van der Waals surface area (Å²) in [4.78, 5) is 23.2. The Morgan fingerprint density at radius 1 is 1.50 bits per heavy atom. The number of hydrogen-bond donors (Lipinski definition) is 2. The van der Waals surface area contributed by atoms with Crippen LogP contribution in [-0.2, 0) is 22.0 Å². The van der Waals surface area contributed by atoms with Crippen molar-refractivity contribution in [1.82, 2.24) is 5.32 Å². The second kappa shape index (κ2) is 6.17. The number of anilines is 1. The van der Waals surface area contributed by atoms with E-state index >= 15 is 0 Å². The summed E-state index contributed by atoms with van der Waals surface area (Å²) in [7, 11) is -0.871. The summed E-state index contributed by atoms with van der Waals surface area (Å²) in [6.45, 7) is 2.39. The third kappa shape index (κ3) is 3.45. The topological polar surface area (TPSA) is 75.3 Å². The number of carbonyl (C=O) groups excluding carboxylic acids is 2. The second-order valence-corrected chi connectivity index (χ2v) is 6.75. The van der Waals surface area contributed by atoms with Gasteiger partial charge in [0.25, 0.3) is 5.91 Å². The van der Waals surface area contributed by atoms with Gasteiger partial charge in [-0.3, -0.25) is 13.8 Å². The molecule has 5 nitrogen and oxygen atoms in total. The zero-order chi connectivity index (χ0) is 14.7. The van der Waals surface area contributed by atoms with Gasteiger partial charge in [-0.25, -0.2) is 0 Å². The number of carbonyl (C=O) groups is 2. The van der Waals surface area contributed by atoms with Gasteiger partial charge in [-0.05, 0) is 30.2 Å². The molecule has 1 aromatic carbocycles. The molecule has 1 aliphatic rings. The third-order valence-electron chi connectivity index (χ3n) is 3.40. The van der Waals surface area contributed by atoms with E-state index in [1.807, 2.05) is 6.92 Å². The van der Waals surface area contributed by atoms with Crippen LogP contribution < -0.4 is 10.6 Å². The Kier molecular flexibility index (Phi) is 4.54. The van der Waals surface area contributed by atoms with E-state index in [9.17, 15) is 13.8 Å². The molecule has 0 aliphatic carbocycles. The molecule has 2 N–H and O–H groups in total. The Balaban J connectivity index is 1.92. The van der Waals surface area contributed by atoms with E-state index in [2.05, 4.69) is 10.6 Å². The maximum atomic E-state index is 12.0. The average molecular weight is 294 g/mol. The smallest absolute Gasteiger partial charge is 0.251 e. The first kappa shape index (κ1) is 14.7. The average Bonchev–Trinajstić information content (AvgIpc) is 2.77. The monoisotopic (exact) mass is 294 g/mol. The summed E-state index contributed by atoms with van der Waals surface area (Å²) in [6, 6.07) is 5.18. The van der Waals surface area contributed by atoms with E-state index in [0.717, 1.165) is 11.3 Å². The van der Waals surface area contributed by atoms with Crippen LogP contribution in [0.1, 0.15) is 29.3 Å². The highest BCUT2D eigenvalue weighted by Crippen LogP contribution is 2.23. The Morgan fingerprint density at radius 3 is 2.95 bits per heavy atom. The number of benzene rings is 1. The Labute approximate surface area is 120 Å². The van der Waals surface area contributed by atoms with E-state index in [1.165, 1.54) is 0 Å². The largest absolute Gasteiger partial charge is 0.352 e. The Morgan fingerprint density at radius 2 is 2.25 bits per heavy atom. The molecule has 108 valence electrons. The fourth-order valence-corrected chi connectivity index (χ4v) is 2.48. The molecular formula is C14H18N2O3S. The molecule has 0 spiro atoms. The number of amides is 2. The summed E-state index contributed by atoms with van der Waals surface area (Å²) >= 11 is 0. The molecule has 0 bridgehead atoms. The maximum Gasteiger partial charge on any atom is 0.251 e. The van der Waals surface area contributed by atoms with Crippen LogP contribution in [0.3, 0.4) is 0 Å². The summed E-state index contributed by atoms with van der Waals surface area (Å²) in [5.41, 5.74) is 2.18. The van der Waals surface area contributed by atoms with E-state index in [1.54, 1.807) is 24.5 Å². The van der Waals surface area contributed by atoms with Gasteiger partial charge in [0, 0.05) is 40.1 Å². The van der Waals surface area contributed by atoms with Crippen molar-refractivity contribution in [2.45, 2.75) is 25.0 Å². The van der Waals surface area contributed by atoms with Crippen LogP contribution in [0.4, 0.5) is 5.69 Å². The van der Waals surface area contributed by atoms with Gasteiger partial charge in [-0.2, -0.15) is 0 Å². The van der Waals surface area contributed by atoms with Crippen molar-refractivity contribution in [1.29, 1.82) is 0 Å². The van der Waals surface area contributed by atoms with Crippen molar-refractivity contribution in [3.8, 4) is 0 Å². The van der Waals surface area contributed by atoms with E-state index in [0.29, 0.717) is 24.9 Å². The fraction of sp³-hybridized carbons (Fsp3) is 0.429. The number of hydrogen-bond acceptors (Lipinski definition) is 3. The molecule has 0 saturated carbocycles. The Hall–Kier alpha value is -1.69. The molecular weight excluding hydrogens is 276 g/mol. The van der Waals surface area contributed by atoms with Gasteiger partial charge in [0.2, 0.25) is 5.91 Å². The molecule has 1 aliphatic heterocycles. The SMILES string of the molecule is CC(CCNC(=O)c1ccc2c(c1)CC(=O)N2)S(C)=O.